The quantitative estimate of drug-likeness (QED) is 0.684. The highest BCUT2D eigenvalue weighted by atomic mass is 16.6. The van der Waals surface area contributed by atoms with Crippen LogP contribution in [-0.4, -0.2) is 21.0 Å². The maximum absolute atomic E-state index is 11.4. The first-order valence-corrected chi connectivity index (χ1v) is 6.30. The van der Waals surface area contributed by atoms with E-state index in [1.807, 2.05) is 0 Å². The summed E-state index contributed by atoms with van der Waals surface area (Å²) in [5.41, 5.74) is 1.41. The number of non-ortho nitro benzene ring substituents is 1. The Bertz CT molecular complexity index is 750. The first kappa shape index (κ1) is 12.5. The Balaban J connectivity index is 2.40. The lowest BCUT2D eigenvalue weighted by Crippen LogP contribution is -2.03. The van der Waals surface area contributed by atoms with Gasteiger partial charge in [-0.3, -0.25) is 10.1 Å². The molecule has 102 valence electrons. The lowest BCUT2D eigenvalue weighted by atomic mass is 10.0. The Kier molecular flexibility index (Phi) is 2.67. The average Bonchev–Trinajstić information content (AvgIpc) is 3.20. The lowest BCUT2D eigenvalue weighted by Gasteiger charge is -2.07. The van der Waals surface area contributed by atoms with Crippen LogP contribution in [0.5, 0.6) is 0 Å². The van der Waals surface area contributed by atoms with E-state index < -0.39 is 10.9 Å². The molecule has 1 heterocycles. The van der Waals surface area contributed by atoms with Gasteiger partial charge >= 0.3 is 5.97 Å². The fourth-order valence-corrected chi connectivity index (χ4v) is 2.37. The Morgan fingerprint density at radius 3 is 2.65 bits per heavy atom. The second-order valence-electron chi connectivity index (χ2n) is 5.11. The zero-order valence-electron chi connectivity index (χ0n) is 10.8. The van der Waals surface area contributed by atoms with Gasteiger partial charge in [-0.1, -0.05) is 0 Å². The lowest BCUT2D eigenvalue weighted by molar-refractivity contribution is -0.383. The molecule has 1 aromatic heterocycles. The Morgan fingerprint density at radius 2 is 2.10 bits per heavy atom. The second kappa shape index (κ2) is 4.26. The van der Waals surface area contributed by atoms with E-state index in [1.165, 1.54) is 6.07 Å². The van der Waals surface area contributed by atoms with Gasteiger partial charge in [0.1, 0.15) is 5.52 Å². The predicted octanol–water partition coefficient (Wildman–Crippen LogP) is 3.03. The van der Waals surface area contributed by atoms with Gasteiger partial charge in [-0.25, -0.2) is 9.78 Å². The van der Waals surface area contributed by atoms with Crippen LogP contribution in [0.25, 0.3) is 10.9 Å². The molecule has 6 heteroatoms. The molecule has 0 atom stereocenters. The highest BCUT2D eigenvalue weighted by Crippen LogP contribution is 2.41. The van der Waals surface area contributed by atoms with Gasteiger partial charge in [0.25, 0.3) is 5.69 Å². The van der Waals surface area contributed by atoms with Crippen molar-refractivity contribution in [1.29, 1.82) is 0 Å². The van der Waals surface area contributed by atoms with Crippen molar-refractivity contribution < 1.29 is 14.8 Å². The molecule has 0 amide bonds. The molecule has 0 spiro atoms. The van der Waals surface area contributed by atoms with Crippen LogP contribution in [0.3, 0.4) is 0 Å². The number of nitrogens with zero attached hydrogens (tertiary/aromatic N) is 2. The maximum Gasteiger partial charge on any atom is 0.336 e. The third-order valence-corrected chi connectivity index (χ3v) is 3.48. The van der Waals surface area contributed by atoms with Gasteiger partial charge < -0.3 is 5.11 Å². The molecule has 0 bridgehead atoms. The molecule has 0 saturated heterocycles. The van der Waals surface area contributed by atoms with E-state index in [9.17, 15) is 20.0 Å². The van der Waals surface area contributed by atoms with Crippen LogP contribution in [0, 0.1) is 17.0 Å². The van der Waals surface area contributed by atoms with Crippen LogP contribution in [0.4, 0.5) is 5.69 Å². The number of aromatic nitrogens is 1. The summed E-state index contributed by atoms with van der Waals surface area (Å²) < 4.78 is 0. The summed E-state index contributed by atoms with van der Waals surface area (Å²) in [4.78, 5) is 26.4. The summed E-state index contributed by atoms with van der Waals surface area (Å²) in [6, 6.07) is 4.61. The molecule has 1 aliphatic rings. The van der Waals surface area contributed by atoms with Crippen LogP contribution in [0.2, 0.25) is 0 Å². The van der Waals surface area contributed by atoms with Crippen molar-refractivity contribution in [1.82, 2.24) is 4.98 Å². The number of fused-ring (bicyclic) bond motifs is 1. The van der Waals surface area contributed by atoms with E-state index in [4.69, 9.17) is 0 Å². The van der Waals surface area contributed by atoms with Gasteiger partial charge in [0.2, 0.25) is 0 Å². The van der Waals surface area contributed by atoms with Crippen LogP contribution in [0.1, 0.15) is 40.4 Å². The number of carboxylic acid groups (broad SMARTS) is 1. The number of hydrogen-bond acceptors (Lipinski definition) is 4. The number of aryl methyl sites for hydroxylation is 1. The summed E-state index contributed by atoms with van der Waals surface area (Å²) in [5, 5.41) is 20.8. The molecule has 1 aromatic carbocycles. The SMILES string of the molecule is Cc1cc([N+](=O)[O-])c2nc(C3CC3)cc(C(=O)O)c2c1. The van der Waals surface area contributed by atoms with Crippen LogP contribution in [0.15, 0.2) is 18.2 Å². The number of hydrogen-bond donors (Lipinski definition) is 1. The van der Waals surface area contributed by atoms with Crippen LogP contribution < -0.4 is 0 Å². The van der Waals surface area contributed by atoms with E-state index in [1.54, 1.807) is 19.1 Å². The number of carboxylic acids is 1. The van der Waals surface area contributed by atoms with Gasteiger partial charge in [-0.05, 0) is 37.5 Å². The predicted molar refractivity (Wildman–Crippen MR) is 72.1 cm³/mol. The van der Waals surface area contributed by atoms with E-state index in [0.717, 1.165) is 12.8 Å². The maximum atomic E-state index is 11.4. The largest absolute Gasteiger partial charge is 0.478 e. The summed E-state index contributed by atoms with van der Waals surface area (Å²) in [6.45, 7) is 1.70. The minimum atomic E-state index is -1.08. The van der Waals surface area contributed by atoms with Crippen molar-refractivity contribution in [2.24, 2.45) is 0 Å². The van der Waals surface area contributed by atoms with Crippen molar-refractivity contribution in [2.45, 2.75) is 25.7 Å². The fraction of sp³-hybridized carbons (Fsp3) is 0.286. The van der Waals surface area contributed by atoms with Crippen molar-refractivity contribution in [3.05, 3.63) is 45.1 Å². The number of aromatic carboxylic acids is 1. The van der Waals surface area contributed by atoms with E-state index >= 15 is 0 Å². The van der Waals surface area contributed by atoms with E-state index in [2.05, 4.69) is 4.98 Å². The number of rotatable bonds is 3. The molecule has 20 heavy (non-hydrogen) atoms. The molecular weight excluding hydrogens is 260 g/mol. The first-order valence-electron chi connectivity index (χ1n) is 6.30. The van der Waals surface area contributed by atoms with Crippen molar-refractivity contribution in [3.63, 3.8) is 0 Å². The van der Waals surface area contributed by atoms with Crippen molar-refractivity contribution >= 4 is 22.6 Å². The molecule has 1 fully saturated rings. The molecule has 1 saturated carbocycles. The third-order valence-electron chi connectivity index (χ3n) is 3.48. The average molecular weight is 272 g/mol. The standard InChI is InChI=1S/C14H12N2O4/c1-7-4-9-10(14(17)18)6-11(8-2-3-8)15-13(9)12(5-7)16(19)20/h4-6,8H,2-3H2,1H3,(H,17,18). The number of pyridine rings is 1. The van der Waals surface area contributed by atoms with Crippen LogP contribution in [-0.2, 0) is 0 Å². The Labute approximate surface area is 114 Å². The monoisotopic (exact) mass is 272 g/mol. The second-order valence-corrected chi connectivity index (χ2v) is 5.11. The molecule has 1 aliphatic carbocycles. The zero-order valence-corrected chi connectivity index (χ0v) is 10.8. The molecule has 6 nitrogen and oxygen atoms in total. The smallest absolute Gasteiger partial charge is 0.336 e. The molecule has 2 aromatic rings. The normalized spacial score (nSPS) is 14.4. The van der Waals surface area contributed by atoms with Crippen molar-refractivity contribution in [2.75, 3.05) is 0 Å². The van der Waals surface area contributed by atoms with E-state index in [0.29, 0.717) is 16.6 Å². The summed E-state index contributed by atoms with van der Waals surface area (Å²) in [5.74, 6) is -0.849. The minimum Gasteiger partial charge on any atom is -0.478 e. The third kappa shape index (κ3) is 1.99. The minimum absolute atomic E-state index is 0.0868. The van der Waals surface area contributed by atoms with Gasteiger partial charge in [0.05, 0.1) is 10.5 Å². The van der Waals surface area contributed by atoms with Gasteiger partial charge in [-0.15, -0.1) is 0 Å². The van der Waals surface area contributed by atoms with Crippen molar-refractivity contribution in [3.8, 4) is 0 Å². The molecule has 0 radical (unpaired) electrons. The Hall–Kier alpha value is -2.50. The number of nitro groups is 1. The first-order chi connectivity index (χ1) is 9.47. The van der Waals surface area contributed by atoms with E-state index in [-0.39, 0.29) is 22.7 Å². The van der Waals surface area contributed by atoms with Gasteiger partial charge in [0, 0.05) is 23.1 Å². The highest BCUT2D eigenvalue weighted by Gasteiger charge is 2.28. The number of nitro benzene ring substituents is 1. The molecule has 3 rings (SSSR count). The van der Waals surface area contributed by atoms with Gasteiger partial charge in [-0.2, -0.15) is 0 Å². The molecule has 0 unspecified atom stereocenters. The summed E-state index contributed by atoms with van der Waals surface area (Å²) in [7, 11) is 0. The highest BCUT2D eigenvalue weighted by molar-refractivity contribution is 6.05. The zero-order chi connectivity index (χ0) is 14.4. The molecular formula is C14H12N2O4. The Morgan fingerprint density at radius 1 is 1.40 bits per heavy atom. The fourth-order valence-electron chi connectivity index (χ4n) is 2.37. The molecule has 1 N–H and O–H groups in total. The topological polar surface area (TPSA) is 93.3 Å². The molecule has 0 aliphatic heterocycles. The summed E-state index contributed by atoms with van der Waals surface area (Å²) in [6.07, 6.45) is 1.91. The number of carbonyl (C=O) groups is 1. The number of benzene rings is 1. The summed E-state index contributed by atoms with van der Waals surface area (Å²) >= 11 is 0. The van der Waals surface area contributed by atoms with Crippen LogP contribution >= 0.6 is 0 Å². The van der Waals surface area contributed by atoms with Gasteiger partial charge in [0.15, 0.2) is 0 Å².